The van der Waals surface area contributed by atoms with Crippen LogP contribution >= 0.6 is 0 Å². The molecule has 1 aliphatic rings. The summed E-state index contributed by atoms with van der Waals surface area (Å²) in [5.74, 6) is 0.423. The molecule has 1 aliphatic carbocycles. The van der Waals surface area contributed by atoms with E-state index in [4.69, 9.17) is 0 Å². The summed E-state index contributed by atoms with van der Waals surface area (Å²) in [5, 5.41) is 17.2. The van der Waals surface area contributed by atoms with E-state index in [2.05, 4.69) is 47.5 Å². The molecule has 3 nitrogen and oxygen atoms in total. The van der Waals surface area contributed by atoms with Gasteiger partial charge in [-0.25, -0.2) is 0 Å². The van der Waals surface area contributed by atoms with Crippen LogP contribution in [0, 0.1) is 6.92 Å². The van der Waals surface area contributed by atoms with Gasteiger partial charge in [-0.05, 0) is 32.8 Å². The third-order valence-electron chi connectivity index (χ3n) is 3.76. The topological polar surface area (TPSA) is 48.9 Å². The second-order valence-corrected chi connectivity index (χ2v) is 5.68. The number of nitrogens with one attached hydrogen (secondary N) is 1. The number of aromatic amines is 1. The van der Waals surface area contributed by atoms with Crippen molar-refractivity contribution in [3.63, 3.8) is 0 Å². The molecular formula is C15H18N2O. The Balaban J connectivity index is 1.80. The molecule has 94 valence electrons. The summed E-state index contributed by atoms with van der Waals surface area (Å²) in [6, 6.07) is 10.5. The van der Waals surface area contributed by atoms with Crippen molar-refractivity contribution in [2.24, 2.45) is 0 Å². The highest BCUT2D eigenvalue weighted by atomic mass is 16.3. The van der Waals surface area contributed by atoms with E-state index in [1.165, 1.54) is 5.56 Å². The number of H-pyrrole nitrogens is 1. The molecule has 1 aromatic carbocycles. The first-order chi connectivity index (χ1) is 8.53. The molecule has 0 aliphatic heterocycles. The normalized spacial score (nSPS) is 26.9. The molecule has 0 unspecified atom stereocenters. The molecule has 18 heavy (non-hydrogen) atoms. The Morgan fingerprint density at radius 2 is 1.94 bits per heavy atom. The Bertz CT molecular complexity index is 546. The van der Waals surface area contributed by atoms with Gasteiger partial charge in [-0.2, -0.15) is 5.10 Å². The first-order valence-electron chi connectivity index (χ1n) is 6.38. The lowest BCUT2D eigenvalue weighted by atomic mass is 9.71. The number of benzene rings is 1. The van der Waals surface area contributed by atoms with E-state index in [1.54, 1.807) is 0 Å². The first kappa shape index (κ1) is 11.5. The average molecular weight is 242 g/mol. The van der Waals surface area contributed by atoms with Gasteiger partial charge in [-0.15, -0.1) is 0 Å². The number of aryl methyl sites for hydroxylation is 1. The van der Waals surface area contributed by atoms with Crippen LogP contribution in [-0.4, -0.2) is 20.9 Å². The number of hydrogen-bond donors (Lipinski definition) is 2. The second kappa shape index (κ2) is 3.95. The van der Waals surface area contributed by atoms with Crippen LogP contribution in [0.1, 0.15) is 36.9 Å². The van der Waals surface area contributed by atoms with E-state index < -0.39 is 5.60 Å². The molecule has 0 bridgehead atoms. The summed E-state index contributed by atoms with van der Waals surface area (Å²) in [6.07, 6.45) is 1.64. The Hall–Kier alpha value is -1.61. The Kier molecular flexibility index (Phi) is 2.52. The van der Waals surface area contributed by atoms with E-state index in [0.29, 0.717) is 5.92 Å². The zero-order valence-corrected chi connectivity index (χ0v) is 10.8. The van der Waals surface area contributed by atoms with Crippen LogP contribution in [0.2, 0.25) is 0 Å². The summed E-state index contributed by atoms with van der Waals surface area (Å²) < 4.78 is 0. The lowest BCUT2D eigenvalue weighted by Crippen LogP contribution is -2.39. The zero-order valence-electron chi connectivity index (χ0n) is 10.8. The van der Waals surface area contributed by atoms with Crippen molar-refractivity contribution in [2.75, 3.05) is 0 Å². The second-order valence-electron chi connectivity index (χ2n) is 5.68. The maximum Gasteiger partial charge on any atom is 0.0923 e. The number of nitrogens with zero attached hydrogens (tertiary/aromatic N) is 1. The summed E-state index contributed by atoms with van der Waals surface area (Å²) in [6.45, 7) is 3.97. The minimum absolute atomic E-state index is 0.423. The first-order valence-corrected chi connectivity index (χ1v) is 6.38. The average Bonchev–Trinajstić information content (AvgIpc) is 2.76. The molecule has 2 N–H and O–H groups in total. The Morgan fingerprint density at radius 3 is 2.56 bits per heavy atom. The quantitative estimate of drug-likeness (QED) is 0.850. The van der Waals surface area contributed by atoms with Gasteiger partial charge in [-0.1, -0.05) is 29.8 Å². The van der Waals surface area contributed by atoms with Gasteiger partial charge in [-0.3, -0.25) is 5.10 Å². The van der Waals surface area contributed by atoms with Gasteiger partial charge in [0, 0.05) is 17.2 Å². The molecule has 0 radical (unpaired) electrons. The van der Waals surface area contributed by atoms with Crippen LogP contribution in [0.25, 0.3) is 11.3 Å². The fourth-order valence-corrected chi connectivity index (χ4v) is 2.64. The standard InChI is InChI=1S/C15H18N2O/c1-10-3-5-11(6-4-10)13-7-14(17-16-13)12-8-15(2,18)9-12/h3-7,12,18H,8-9H2,1-2H3,(H,16,17). The van der Waals surface area contributed by atoms with Crippen LogP contribution in [0.4, 0.5) is 0 Å². The molecule has 0 spiro atoms. The van der Waals surface area contributed by atoms with E-state index >= 15 is 0 Å². The summed E-state index contributed by atoms with van der Waals surface area (Å²) in [4.78, 5) is 0. The summed E-state index contributed by atoms with van der Waals surface area (Å²) in [7, 11) is 0. The van der Waals surface area contributed by atoms with Gasteiger partial charge < -0.3 is 5.11 Å². The van der Waals surface area contributed by atoms with Gasteiger partial charge in [0.2, 0.25) is 0 Å². The SMILES string of the molecule is Cc1ccc(-c2cc(C3CC(C)(O)C3)[nH]n2)cc1. The number of hydrogen-bond acceptors (Lipinski definition) is 2. The molecule has 1 heterocycles. The number of rotatable bonds is 2. The molecular weight excluding hydrogens is 224 g/mol. The lowest BCUT2D eigenvalue weighted by Gasteiger charge is -2.40. The monoisotopic (exact) mass is 242 g/mol. The van der Waals surface area contributed by atoms with Gasteiger partial charge in [0.05, 0.1) is 11.3 Å². The third kappa shape index (κ3) is 2.06. The van der Waals surface area contributed by atoms with Crippen LogP contribution in [-0.2, 0) is 0 Å². The Morgan fingerprint density at radius 1 is 1.28 bits per heavy atom. The molecule has 3 heteroatoms. The fourth-order valence-electron chi connectivity index (χ4n) is 2.64. The summed E-state index contributed by atoms with van der Waals surface area (Å²) in [5.41, 5.74) is 4.02. The third-order valence-corrected chi connectivity index (χ3v) is 3.76. The van der Waals surface area contributed by atoms with Crippen molar-refractivity contribution in [1.29, 1.82) is 0 Å². The number of aromatic nitrogens is 2. The lowest BCUT2D eigenvalue weighted by molar-refractivity contribution is -0.0323. The smallest absolute Gasteiger partial charge is 0.0923 e. The van der Waals surface area contributed by atoms with Crippen LogP contribution in [0.15, 0.2) is 30.3 Å². The predicted molar refractivity (Wildman–Crippen MR) is 71.4 cm³/mol. The highest BCUT2D eigenvalue weighted by molar-refractivity contribution is 5.59. The van der Waals surface area contributed by atoms with Gasteiger partial charge >= 0.3 is 0 Å². The minimum Gasteiger partial charge on any atom is -0.390 e. The van der Waals surface area contributed by atoms with E-state index in [-0.39, 0.29) is 0 Å². The highest BCUT2D eigenvalue weighted by Gasteiger charge is 2.39. The largest absolute Gasteiger partial charge is 0.390 e. The van der Waals surface area contributed by atoms with E-state index in [0.717, 1.165) is 29.8 Å². The van der Waals surface area contributed by atoms with Crippen molar-refractivity contribution in [3.05, 3.63) is 41.6 Å². The van der Waals surface area contributed by atoms with Gasteiger partial charge in [0.15, 0.2) is 0 Å². The molecule has 1 fully saturated rings. The van der Waals surface area contributed by atoms with Crippen LogP contribution in [0.5, 0.6) is 0 Å². The molecule has 1 aromatic heterocycles. The molecule has 2 aromatic rings. The molecule has 0 amide bonds. The van der Waals surface area contributed by atoms with Crippen LogP contribution < -0.4 is 0 Å². The van der Waals surface area contributed by atoms with E-state index in [1.807, 2.05) is 6.92 Å². The number of aliphatic hydroxyl groups is 1. The van der Waals surface area contributed by atoms with E-state index in [9.17, 15) is 5.11 Å². The molecule has 0 atom stereocenters. The maximum atomic E-state index is 9.77. The van der Waals surface area contributed by atoms with Crippen molar-refractivity contribution >= 4 is 0 Å². The molecule has 0 saturated heterocycles. The van der Waals surface area contributed by atoms with Gasteiger partial charge in [0.25, 0.3) is 0 Å². The zero-order chi connectivity index (χ0) is 12.8. The fraction of sp³-hybridized carbons (Fsp3) is 0.400. The van der Waals surface area contributed by atoms with Gasteiger partial charge in [0.1, 0.15) is 0 Å². The molecule has 3 rings (SSSR count). The van der Waals surface area contributed by atoms with Crippen LogP contribution in [0.3, 0.4) is 0 Å². The minimum atomic E-state index is -0.486. The maximum absolute atomic E-state index is 9.77. The van der Waals surface area contributed by atoms with Crippen molar-refractivity contribution in [1.82, 2.24) is 10.2 Å². The molecule has 1 saturated carbocycles. The predicted octanol–water partition coefficient (Wildman–Crippen LogP) is 3.01. The van der Waals surface area contributed by atoms with Crippen molar-refractivity contribution in [2.45, 2.75) is 38.2 Å². The van der Waals surface area contributed by atoms with Crippen molar-refractivity contribution in [3.8, 4) is 11.3 Å². The summed E-state index contributed by atoms with van der Waals surface area (Å²) >= 11 is 0. The Labute approximate surface area is 107 Å². The van der Waals surface area contributed by atoms with Crippen molar-refractivity contribution < 1.29 is 5.11 Å². The highest BCUT2D eigenvalue weighted by Crippen LogP contribution is 2.44.